The van der Waals surface area contributed by atoms with Crippen LogP contribution in [0.1, 0.15) is 28.1 Å². The van der Waals surface area contributed by atoms with Crippen LogP contribution in [0, 0.1) is 10.5 Å². The highest BCUT2D eigenvalue weighted by Gasteiger charge is 2.35. The summed E-state index contributed by atoms with van der Waals surface area (Å²) >= 11 is 3.53. The second-order valence-electron chi connectivity index (χ2n) is 4.06. The van der Waals surface area contributed by atoms with Crippen LogP contribution in [-0.4, -0.2) is 34.5 Å². The third kappa shape index (κ3) is 2.33. The first-order valence-corrected chi connectivity index (χ1v) is 7.25. The van der Waals surface area contributed by atoms with Crippen molar-refractivity contribution in [3.8, 4) is 0 Å². The van der Waals surface area contributed by atoms with Crippen molar-refractivity contribution in [3.63, 3.8) is 0 Å². The number of carboxylic acids is 1. The molecule has 0 saturated carbocycles. The van der Waals surface area contributed by atoms with Gasteiger partial charge in [0.05, 0.1) is 0 Å². The van der Waals surface area contributed by atoms with E-state index in [1.165, 1.54) is 16.2 Å². The zero-order chi connectivity index (χ0) is 12.6. The first-order valence-electron chi connectivity index (χ1n) is 5.29. The van der Waals surface area contributed by atoms with E-state index in [1.807, 2.05) is 12.3 Å². The van der Waals surface area contributed by atoms with E-state index in [-0.39, 0.29) is 5.91 Å². The molecule has 0 aliphatic carbocycles. The molecule has 2 rings (SSSR count). The second kappa shape index (κ2) is 4.93. The number of amides is 1. The van der Waals surface area contributed by atoms with Gasteiger partial charge < -0.3 is 10.0 Å². The highest BCUT2D eigenvalue weighted by atomic mass is 127. The van der Waals surface area contributed by atoms with Gasteiger partial charge in [0.1, 0.15) is 10.9 Å². The number of likely N-dealkylation sites (tertiary alicyclic amines) is 1. The van der Waals surface area contributed by atoms with Crippen LogP contribution in [0.3, 0.4) is 0 Å². The summed E-state index contributed by atoms with van der Waals surface area (Å²) in [6, 6.07) is -0.652. The van der Waals surface area contributed by atoms with E-state index in [0.29, 0.717) is 17.8 Å². The topological polar surface area (TPSA) is 57.6 Å². The molecule has 1 fully saturated rings. The Hall–Kier alpha value is -0.630. The number of carbonyl (C=O) groups excluding carboxylic acids is 1. The van der Waals surface area contributed by atoms with Crippen LogP contribution in [0.2, 0.25) is 0 Å². The van der Waals surface area contributed by atoms with E-state index in [0.717, 1.165) is 15.6 Å². The maximum Gasteiger partial charge on any atom is 0.326 e. The molecule has 1 N–H and O–H groups in total. The molecule has 0 bridgehead atoms. The molecule has 1 unspecified atom stereocenters. The lowest BCUT2D eigenvalue weighted by Crippen LogP contribution is -2.40. The van der Waals surface area contributed by atoms with Gasteiger partial charge >= 0.3 is 5.97 Å². The van der Waals surface area contributed by atoms with Gasteiger partial charge in [0.2, 0.25) is 0 Å². The number of aryl methyl sites for hydroxylation is 1. The summed E-state index contributed by atoms with van der Waals surface area (Å²) in [6.07, 6.45) is 1.33. The highest BCUT2D eigenvalue weighted by molar-refractivity contribution is 14.1. The third-order valence-electron chi connectivity index (χ3n) is 2.89. The minimum Gasteiger partial charge on any atom is -0.480 e. The summed E-state index contributed by atoms with van der Waals surface area (Å²) in [5.41, 5.74) is 1.07. The predicted octanol–water partition coefficient (Wildman–Crippen LogP) is 2.35. The van der Waals surface area contributed by atoms with Gasteiger partial charge in [-0.25, -0.2) is 4.79 Å². The predicted molar refractivity (Wildman–Crippen MR) is 73.5 cm³/mol. The average Bonchev–Trinajstić information content (AvgIpc) is 2.87. The highest BCUT2D eigenvalue weighted by Crippen LogP contribution is 2.28. The van der Waals surface area contributed by atoms with Gasteiger partial charge in [0.25, 0.3) is 5.91 Å². The summed E-state index contributed by atoms with van der Waals surface area (Å²) in [7, 11) is 0. The molecule has 2 heterocycles. The molecule has 92 valence electrons. The van der Waals surface area contributed by atoms with Crippen molar-refractivity contribution in [1.82, 2.24) is 4.90 Å². The molecule has 1 saturated heterocycles. The summed E-state index contributed by atoms with van der Waals surface area (Å²) in [6.45, 7) is 2.50. The standard InChI is InChI=1S/C11H12INO3S/c1-6-5-17-9(8(6)12)10(14)13-4-2-3-7(13)11(15)16/h5,7H,2-4H2,1H3,(H,15,16). The number of aliphatic carboxylic acids is 1. The lowest BCUT2D eigenvalue weighted by atomic mass is 10.2. The van der Waals surface area contributed by atoms with E-state index >= 15 is 0 Å². The van der Waals surface area contributed by atoms with Crippen LogP contribution in [0.4, 0.5) is 0 Å². The number of carbonyl (C=O) groups is 2. The van der Waals surface area contributed by atoms with Crippen molar-refractivity contribution in [2.45, 2.75) is 25.8 Å². The summed E-state index contributed by atoms with van der Waals surface area (Å²) in [4.78, 5) is 25.5. The second-order valence-corrected chi connectivity index (χ2v) is 6.02. The molecule has 1 aliphatic heterocycles. The van der Waals surface area contributed by atoms with Gasteiger partial charge in [-0.3, -0.25) is 4.79 Å². The number of thiophene rings is 1. The van der Waals surface area contributed by atoms with Gasteiger partial charge in [0, 0.05) is 10.1 Å². The van der Waals surface area contributed by atoms with Crippen LogP contribution in [0.5, 0.6) is 0 Å². The van der Waals surface area contributed by atoms with E-state index < -0.39 is 12.0 Å². The van der Waals surface area contributed by atoms with Crippen molar-refractivity contribution in [2.24, 2.45) is 0 Å². The van der Waals surface area contributed by atoms with Crippen LogP contribution in [0.25, 0.3) is 0 Å². The van der Waals surface area contributed by atoms with Gasteiger partial charge in [0.15, 0.2) is 0 Å². The molecule has 1 aromatic heterocycles. The monoisotopic (exact) mass is 365 g/mol. The zero-order valence-corrected chi connectivity index (χ0v) is 12.2. The molecule has 6 heteroatoms. The van der Waals surface area contributed by atoms with E-state index in [9.17, 15) is 9.59 Å². The molecule has 0 spiro atoms. The average molecular weight is 365 g/mol. The van der Waals surface area contributed by atoms with Crippen molar-refractivity contribution in [1.29, 1.82) is 0 Å². The molecule has 1 atom stereocenters. The Bertz CT molecular complexity index is 471. The van der Waals surface area contributed by atoms with Crippen LogP contribution >= 0.6 is 33.9 Å². The Balaban J connectivity index is 2.26. The SMILES string of the molecule is Cc1csc(C(=O)N2CCCC2C(=O)O)c1I. The summed E-state index contributed by atoms with van der Waals surface area (Å²) < 4.78 is 0.939. The molecule has 17 heavy (non-hydrogen) atoms. The first-order chi connectivity index (χ1) is 8.02. The van der Waals surface area contributed by atoms with Crippen molar-refractivity contribution >= 4 is 45.8 Å². The van der Waals surface area contributed by atoms with Crippen LogP contribution in [-0.2, 0) is 4.79 Å². The Kier molecular flexibility index (Phi) is 3.72. The molecule has 4 nitrogen and oxygen atoms in total. The normalized spacial score (nSPS) is 19.6. The fourth-order valence-corrected chi connectivity index (χ4v) is 3.85. The lowest BCUT2D eigenvalue weighted by molar-refractivity contribution is -0.141. The molecule has 0 radical (unpaired) electrons. The Morgan fingerprint density at radius 2 is 2.29 bits per heavy atom. The van der Waals surface area contributed by atoms with Gasteiger partial charge in [-0.05, 0) is 53.3 Å². The van der Waals surface area contributed by atoms with Crippen molar-refractivity contribution in [3.05, 3.63) is 19.4 Å². The Morgan fingerprint density at radius 3 is 2.82 bits per heavy atom. The fraction of sp³-hybridized carbons (Fsp3) is 0.455. The maximum absolute atomic E-state index is 12.3. The summed E-state index contributed by atoms with van der Waals surface area (Å²) in [5.74, 6) is -1.04. The lowest BCUT2D eigenvalue weighted by Gasteiger charge is -2.20. The molecule has 0 aromatic carbocycles. The number of carboxylic acid groups (broad SMARTS) is 1. The van der Waals surface area contributed by atoms with Gasteiger partial charge in [-0.15, -0.1) is 11.3 Å². The van der Waals surface area contributed by atoms with E-state index in [1.54, 1.807) is 0 Å². The minimum absolute atomic E-state index is 0.141. The molecule has 1 amide bonds. The zero-order valence-electron chi connectivity index (χ0n) is 9.27. The number of hydrogen-bond donors (Lipinski definition) is 1. The molecular weight excluding hydrogens is 353 g/mol. The number of hydrogen-bond acceptors (Lipinski definition) is 3. The number of rotatable bonds is 2. The van der Waals surface area contributed by atoms with Crippen LogP contribution < -0.4 is 0 Å². The quantitative estimate of drug-likeness (QED) is 0.819. The Labute approximate surface area is 117 Å². The maximum atomic E-state index is 12.3. The number of nitrogens with zero attached hydrogens (tertiary/aromatic N) is 1. The fourth-order valence-electron chi connectivity index (χ4n) is 1.97. The van der Waals surface area contributed by atoms with E-state index in [4.69, 9.17) is 5.11 Å². The van der Waals surface area contributed by atoms with Crippen molar-refractivity contribution < 1.29 is 14.7 Å². The van der Waals surface area contributed by atoms with Crippen molar-refractivity contribution in [2.75, 3.05) is 6.54 Å². The van der Waals surface area contributed by atoms with E-state index in [2.05, 4.69) is 22.6 Å². The largest absolute Gasteiger partial charge is 0.480 e. The van der Waals surface area contributed by atoms with Gasteiger partial charge in [-0.1, -0.05) is 0 Å². The smallest absolute Gasteiger partial charge is 0.326 e. The first kappa shape index (κ1) is 12.8. The Morgan fingerprint density at radius 1 is 1.59 bits per heavy atom. The summed E-state index contributed by atoms with van der Waals surface area (Å²) in [5, 5.41) is 11.0. The minimum atomic E-state index is -0.904. The molecular formula is C11H12INO3S. The molecule has 1 aliphatic rings. The third-order valence-corrected chi connectivity index (χ3v) is 5.73. The van der Waals surface area contributed by atoms with Crippen LogP contribution in [0.15, 0.2) is 5.38 Å². The van der Waals surface area contributed by atoms with Gasteiger partial charge in [-0.2, -0.15) is 0 Å². The number of halogens is 1. The molecule has 1 aromatic rings.